The first-order chi connectivity index (χ1) is 16.3. The highest BCUT2D eigenvalue weighted by atomic mass is 32.1. The molecule has 0 aliphatic heterocycles. The Balaban J connectivity index is 1.33. The van der Waals surface area contributed by atoms with Crippen molar-refractivity contribution in [2.24, 2.45) is 0 Å². The highest BCUT2D eigenvalue weighted by molar-refractivity contribution is 7.18. The first-order valence-corrected chi connectivity index (χ1v) is 13.3. The van der Waals surface area contributed by atoms with Crippen molar-refractivity contribution in [3.05, 3.63) is 57.3 Å². The molecule has 0 saturated carbocycles. The van der Waals surface area contributed by atoms with Gasteiger partial charge in [-0.3, -0.25) is 0 Å². The molecule has 0 bridgehead atoms. The number of benzene rings is 1. The third-order valence-corrected chi connectivity index (χ3v) is 6.74. The summed E-state index contributed by atoms with van der Waals surface area (Å²) in [5.41, 5.74) is 0.811. The third-order valence-electron chi connectivity index (χ3n) is 5.65. The van der Waals surface area contributed by atoms with Crippen LogP contribution in [0.4, 0.5) is 0 Å². The summed E-state index contributed by atoms with van der Waals surface area (Å²) >= 11 is 1.58. The zero-order valence-corrected chi connectivity index (χ0v) is 20.7. The van der Waals surface area contributed by atoms with E-state index in [1.165, 1.54) is 55.4 Å². The first kappa shape index (κ1) is 25.4. The Bertz CT molecular complexity index is 983. The van der Waals surface area contributed by atoms with Crippen molar-refractivity contribution in [3.8, 4) is 6.08 Å². The van der Waals surface area contributed by atoms with Crippen LogP contribution in [-0.2, 0) is 17.8 Å². The van der Waals surface area contributed by atoms with Crippen LogP contribution in [0.5, 0.6) is 6.08 Å². The lowest BCUT2D eigenvalue weighted by atomic mass is 10.1. The Morgan fingerprint density at radius 1 is 0.909 bits per heavy atom. The Kier molecular flexibility index (Phi) is 11.5. The second kappa shape index (κ2) is 14.9. The monoisotopic (exact) mass is 471 g/mol. The van der Waals surface area contributed by atoms with Crippen molar-refractivity contribution >= 4 is 21.6 Å². The molecule has 3 aromatic rings. The molecule has 0 fully saturated rings. The van der Waals surface area contributed by atoms with E-state index in [9.17, 15) is 4.79 Å². The first-order valence-electron chi connectivity index (χ1n) is 12.4. The molecule has 0 spiro atoms. The van der Waals surface area contributed by atoms with Crippen molar-refractivity contribution < 1.29 is 13.9 Å². The van der Waals surface area contributed by atoms with Crippen molar-refractivity contribution in [3.63, 3.8) is 0 Å². The van der Waals surface area contributed by atoms with Crippen LogP contribution in [-0.4, -0.2) is 18.2 Å². The molecule has 2 aromatic heterocycles. The second-order valence-corrected chi connectivity index (χ2v) is 9.63. The number of hydrogen-bond donors (Lipinski definition) is 0. The molecule has 0 atom stereocenters. The molecule has 180 valence electrons. The summed E-state index contributed by atoms with van der Waals surface area (Å²) in [6.45, 7) is 3.99. The minimum atomic E-state index is -0.361. The summed E-state index contributed by atoms with van der Waals surface area (Å²) in [5, 5.41) is 0.566. The highest BCUT2D eigenvalue weighted by Gasteiger charge is 2.11. The Morgan fingerprint density at radius 2 is 1.64 bits per heavy atom. The predicted octanol–water partition coefficient (Wildman–Crippen LogP) is 7.31. The van der Waals surface area contributed by atoms with E-state index in [-0.39, 0.29) is 11.7 Å². The van der Waals surface area contributed by atoms with Crippen LogP contribution in [0.3, 0.4) is 0 Å². The molecule has 0 saturated heterocycles. The van der Waals surface area contributed by atoms with E-state index in [2.05, 4.69) is 24.0 Å². The molecular weight excluding hydrogens is 434 g/mol. The van der Waals surface area contributed by atoms with Crippen LogP contribution >= 0.6 is 11.3 Å². The van der Waals surface area contributed by atoms with Gasteiger partial charge in [-0.1, -0.05) is 82.2 Å². The number of ether oxygens (including phenoxy) is 2. The van der Waals surface area contributed by atoms with Crippen LogP contribution in [0.15, 0.2) is 45.6 Å². The molecule has 1 aromatic carbocycles. The van der Waals surface area contributed by atoms with E-state index in [4.69, 9.17) is 13.9 Å². The molecule has 3 rings (SSSR count). The van der Waals surface area contributed by atoms with Crippen LogP contribution in [0.25, 0.3) is 10.2 Å². The van der Waals surface area contributed by atoms with E-state index < -0.39 is 0 Å². The van der Waals surface area contributed by atoms with Crippen LogP contribution in [0.1, 0.15) is 81.6 Å². The number of rotatable bonds is 17. The summed E-state index contributed by atoms with van der Waals surface area (Å²) < 4.78 is 16.5. The molecular formula is C27H37NO4S. The summed E-state index contributed by atoms with van der Waals surface area (Å²) in [6, 6.07) is 12.1. The van der Waals surface area contributed by atoms with Crippen molar-refractivity contribution in [1.29, 1.82) is 0 Å². The molecule has 5 nitrogen and oxygen atoms in total. The SMILES string of the molecule is CCCCCCCCCCc1cc2c(=O)oc(OCCCCOCc3ccccc3)nc2s1. The Morgan fingerprint density at radius 3 is 2.42 bits per heavy atom. The maximum Gasteiger partial charge on any atom is 0.397 e. The molecule has 0 N–H and O–H groups in total. The van der Waals surface area contributed by atoms with Gasteiger partial charge < -0.3 is 13.9 Å². The van der Waals surface area contributed by atoms with Crippen LogP contribution in [0, 0.1) is 0 Å². The smallest absolute Gasteiger partial charge is 0.397 e. The second-order valence-electron chi connectivity index (χ2n) is 8.52. The third kappa shape index (κ3) is 9.30. The number of thiophene rings is 1. The number of aromatic nitrogens is 1. The van der Waals surface area contributed by atoms with E-state index in [1.54, 1.807) is 11.3 Å². The fourth-order valence-corrected chi connectivity index (χ4v) is 4.79. The minimum Gasteiger partial charge on any atom is -0.450 e. The van der Waals surface area contributed by atoms with Crippen molar-refractivity contribution in [2.75, 3.05) is 13.2 Å². The molecule has 33 heavy (non-hydrogen) atoms. The van der Waals surface area contributed by atoms with Gasteiger partial charge in [0.25, 0.3) is 0 Å². The van der Waals surface area contributed by atoms with Gasteiger partial charge in [0, 0.05) is 11.5 Å². The molecule has 0 unspecified atom stereocenters. The molecule has 0 aliphatic rings. The molecule has 6 heteroatoms. The van der Waals surface area contributed by atoms with Gasteiger partial charge in [0.05, 0.1) is 18.6 Å². The fourth-order valence-electron chi connectivity index (χ4n) is 3.75. The lowest BCUT2D eigenvalue weighted by molar-refractivity contribution is 0.111. The van der Waals surface area contributed by atoms with Gasteiger partial charge in [0.15, 0.2) is 0 Å². The lowest BCUT2D eigenvalue weighted by Crippen LogP contribution is -2.06. The molecule has 0 amide bonds. The van der Waals surface area contributed by atoms with Gasteiger partial charge in [-0.2, -0.15) is 4.98 Å². The molecule has 2 heterocycles. The fraction of sp³-hybridized carbons (Fsp3) is 0.556. The van der Waals surface area contributed by atoms with Gasteiger partial charge in [0.2, 0.25) is 0 Å². The normalized spacial score (nSPS) is 11.3. The molecule has 0 radical (unpaired) electrons. The number of hydrogen-bond acceptors (Lipinski definition) is 6. The number of nitrogens with zero attached hydrogens (tertiary/aromatic N) is 1. The van der Waals surface area contributed by atoms with Crippen LogP contribution in [0.2, 0.25) is 0 Å². The Hall–Kier alpha value is -2.18. The average Bonchev–Trinajstić information content (AvgIpc) is 3.24. The molecule has 0 aliphatic carbocycles. The topological polar surface area (TPSA) is 61.6 Å². The number of unbranched alkanes of at least 4 members (excludes halogenated alkanes) is 8. The summed E-state index contributed by atoms with van der Waals surface area (Å²) in [5.74, 6) is 0. The van der Waals surface area contributed by atoms with Crippen molar-refractivity contribution in [1.82, 2.24) is 4.98 Å². The van der Waals surface area contributed by atoms with Gasteiger partial charge in [-0.25, -0.2) is 4.79 Å². The van der Waals surface area contributed by atoms with E-state index in [1.807, 2.05) is 24.3 Å². The standard InChI is InChI=1S/C27H37NO4S/c1-2-3-4-5-6-7-8-12-17-23-20-24-25(33-23)28-27(32-26(24)29)31-19-14-13-18-30-21-22-15-10-9-11-16-22/h9-11,15-16,20H,2-8,12-14,17-19,21H2,1H3. The van der Waals surface area contributed by atoms with Crippen molar-refractivity contribution in [2.45, 2.75) is 84.2 Å². The highest BCUT2D eigenvalue weighted by Crippen LogP contribution is 2.25. The number of aryl methyl sites for hydroxylation is 1. The number of fused-ring (bicyclic) bond motifs is 1. The quantitative estimate of drug-likeness (QED) is 0.193. The predicted molar refractivity (Wildman–Crippen MR) is 135 cm³/mol. The van der Waals surface area contributed by atoms with Gasteiger partial charge >= 0.3 is 11.7 Å². The van der Waals surface area contributed by atoms with E-state index in [0.29, 0.717) is 30.0 Å². The maximum atomic E-state index is 12.3. The Labute approximate surface area is 201 Å². The largest absolute Gasteiger partial charge is 0.450 e. The summed E-state index contributed by atoms with van der Waals surface area (Å²) in [6.07, 6.45) is 13.1. The minimum absolute atomic E-state index is 0.0678. The summed E-state index contributed by atoms with van der Waals surface area (Å²) in [7, 11) is 0. The van der Waals surface area contributed by atoms with E-state index >= 15 is 0 Å². The van der Waals surface area contributed by atoms with E-state index in [0.717, 1.165) is 25.7 Å². The lowest BCUT2D eigenvalue weighted by Gasteiger charge is -2.05. The van der Waals surface area contributed by atoms with Crippen LogP contribution < -0.4 is 10.4 Å². The van der Waals surface area contributed by atoms with Gasteiger partial charge in [-0.15, -0.1) is 11.3 Å². The maximum absolute atomic E-state index is 12.3. The van der Waals surface area contributed by atoms with Gasteiger partial charge in [0.1, 0.15) is 4.83 Å². The zero-order chi connectivity index (χ0) is 23.1. The zero-order valence-electron chi connectivity index (χ0n) is 19.9. The average molecular weight is 472 g/mol. The van der Waals surface area contributed by atoms with Gasteiger partial charge in [-0.05, 0) is 37.3 Å². The summed E-state index contributed by atoms with van der Waals surface area (Å²) in [4.78, 5) is 18.6.